The summed E-state index contributed by atoms with van der Waals surface area (Å²) in [4.78, 5) is 0. The molecule has 0 aromatic carbocycles. The van der Waals surface area contributed by atoms with Crippen LogP contribution in [0.1, 0.15) is 32.6 Å². The fraction of sp³-hybridized carbons (Fsp3) is 0.750. The Morgan fingerprint density at radius 3 is 2.75 bits per heavy atom. The van der Waals surface area contributed by atoms with E-state index in [2.05, 4.69) is 13.5 Å². The SMILES string of the molecule is C=C1CCC[C@@H](C)C1. The molecule has 0 bridgehead atoms. The summed E-state index contributed by atoms with van der Waals surface area (Å²) in [5.41, 5.74) is 1.46. The Morgan fingerprint density at radius 2 is 2.38 bits per heavy atom. The summed E-state index contributed by atoms with van der Waals surface area (Å²) in [5.74, 6) is 0.913. The first-order valence-electron chi connectivity index (χ1n) is 3.45. The molecule has 0 radical (unpaired) electrons. The van der Waals surface area contributed by atoms with Gasteiger partial charge in [-0.2, -0.15) is 0 Å². The molecule has 8 heavy (non-hydrogen) atoms. The molecular weight excluding hydrogens is 96.1 g/mol. The second-order valence-corrected chi connectivity index (χ2v) is 2.95. The lowest BCUT2D eigenvalue weighted by Crippen LogP contribution is -2.02. The topological polar surface area (TPSA) is 0 Å². The van der Waals surface area contributed by atoms with Crippen molar-refractivity contribution < 1.29 is 0 Å². The van der Waals surface area contributed by atoms with Crippen LogP contribution in [-0.4, -0.2) is 0 Å². The predicted molar refractivity (Wildman–Crippen MR) is 36.8 cm³/mol. The van der Waals surface area contributed by atoms with Crippen molar-refractivity contribution >= 4 is 0 Å². The average Bonchev–Trinajstić information content (AvgIpc) is 1.64. The molecule has 1 aliphatic carbocycles. The largest absolute Gasteiger partial charge is 0.0999 e. The van der Waals surface area contributed by atoms with Crippen LogP contribution in [0.5, 0.6) is 0 Å². The molecule has 0 aromatic heterocycles. The van der Waals surface area contributed by atoms with Crippen LogP contribution in [0.2, 0.25) is 0 Å². The molecule has 1 atom stereocenters. The standard InChI is InChI=1S/C8H14/c1-7-4-3-5-8(2)6-7/h8H,1,3-6H2,2H3/t8-/m1/s1. The van der Waals surface area contributed by atoms with Crippen molar-refractivity contribution in [1.82, 2.24) is 0 Å². The van der Waals surface area contributed by atoms with E-state index in [1.807, 2.05) is 0 Å². The molecule has 1 rings (SSSR count). The van der Waals surface area contributed by atoms with E-state index in [1.165, 1.54) is 31.3 Å². The van der Waals surface area contributed by atoms with Crippen LogP contribution in [0.15, 0.2) is 12.2 Å². The highest BCUT2D eigenvalue weighted by Gasteiger charge is 2.09. The van der Waals surface area contributed by atoms with Gasteiger partial charge in [-0.25, -0.2) is 0 Å². The van der Waals surface area contributed by atoms with Crippen molar-refractivity contribution in [2.45, 2.75) is 32.6 Å². The minimum atomic E-state index is 0.913. The van der Waals surface area contributed by atoms with Gasteiger partial charge in [0.25, 0.3) is 0 Å². The number of rotatable bonds is 0. The van der Waals surface area contributed by atoms with Gasteiger partial charge in [0.15, 0.2) is 0 Å². The zero-order valence-electron chi connectivity index (χ0n) is 5.61. The summed E-state index contributed by atoms with van der Waals surface area (Å²) >= 11 is 0. The Balaban J connectivity index is 2.34. The molecule has 1 aliphatic rings. The van der Waals surface area contributed by atoms with Gasteiger partial charge >= 0.3 is 0 Å². The molecule has 0 nitrogen and oxygen atoms in total. The summed E-state index contributed by atoms with van der Waals surface area (Å²) in [7, 11) is 0. The van der Waals surface area contributed by atoms with Gasteiger partial charge in [-0.1, -0.05) is 25.5 Å². The summed E-state index contributed by atoms with van der Waals surface area (Å²) in [6.45, 7) is 6.27. The van der Waals surface area contributed by atoms with Crippen LogP contribution in [0.25, 0.3) is 0 Å². The van der Waals surface area contributed by atoms with Crippen LogP contribution in [0.4, 0.5) is 0 Å². The molecule has 46 valence electrons. The minimum Gasteiger partial charge on any atom is -0.0999 e. The third kappa shape index (κ3) is 1.36. The van der Waals surface area contributed by atoms with E-state index in [0.717, 1.165) is 5.92 Å². The van der Waals surface area contributed by atoms with E-state index in [1.54, 1.807) is 0 Å². The zero-order valence-corrected chi connectivity index (χ0v) is 5.61. The van der Waals surface area contributed by atoms with Crippen LogP contribution in [0, 0.1) is 5.92 Å². The fourth-order valence-corrected chi connectivity index (χ4v) is 1.40. The second kappa shape index (κ2) is 2.34. The first-order valence-corrected chi connectivity index (χ1v) is 3.45. The summed E-state index contributed by atoms with van der Waals surface area (Å²) < 4.78 is 0. The first-order chi connectivity index (χ1) is 3.79. The molecule has 1 fully saturated rings. The Labute approximate surface area is 51.6 Å². The maximum absolute atomic E-state index is 3.96. The monoisotopic (exact) mass is 110 g/mol. The smallest absolute Gasteiger partial charge is 0.0297 e. The van der Waals surface area contributed by atoms with Crippen molar-refractivity contribution in [3.8, 4) is 0 Å². The van der Waals surface area contributed by atoms with Gasteiger partial charge in [-0.3, -0.25) is 0 Å². The molecule has 0 heteroatoms. The Hall–Kier alpha value is -0.260. The molecule has 0 aromatic rings. The highest BCUT2D eigenvalue weighted by Crippen LogP contribution is 2.25. The predicted octanol–water partition coefficient (Wildman–Crippen LogP) is 2.75. The lowest BCUT2D eigenvalue weighted by atomic mass is 9.88. The summed E-state index contributed by atoms with van der Waals surface area (Å²) in [5, 5.41) is 0. The van der Waals surface area contributed by atoms with Gasteiger partial charge in [-0.15, -0.1) is 0 Å². The normalized spacial score (nSPS) is 30.6. The van der Waals surface area contributed by atoms with Gasteiger partial charge in [0.1, 0.15) is 0 Å². The van der Waals surface area contributed by atoms with Crippen molar-refractivity contribution in [3.63, 3.8) is 0 Å². The lowest BCUT2D eigenvalue weighted by molar-refractivity contribution is 0.454. The van der Waals surface area contributed by atoms with E-state index in [-0.39, 0.29) is 0 Å². The molecule has 0 saturated heterocycles. The fourth-order valence-electron chi connectivity index (χ4n) is 1.40. The summed E-state index contributed by atoms with van der Waals surface area (Å²) in [6, 6.07) is 0. The van der Waals surface area contributed by atoms with Crippen LogP contribution >= 0.6 is 0 Å². The van der Waals surface area contributed by atoms with E-state index in [4.69, 9.17) is 0 Å². The maximum Gasteiger partial charge on any atom is -0.0297 e. The van der Waals surface area contributed by atoms with Gasteiger partial charge in [0.2, 0.25) is 0 Å². The third-order valence-corrected chi connectivity index (χ3v) is 1.86. The second-order valence-electron chi connectivity index (χ2n) is 2.95. The van der Waals surface area contributed by atoms with Gasteiger partial charge in [0, 0.05) is 0 Å². The number of allylic oxidation sites excluding steroid dienone is 1. The summed E-state index contributed by atoms with van der Waals surface area (Å²) in [6.07, 6.45) is 5.35. The molecule has 0 aliphatic heterocycles. The van der Waals surface area contributed by atoms with Crippen molar-refractivity contribution in [1.29, 1.82) is 0 Å². The quantitative estimate of drug-likeness (QED) is 0.420. The van der Waals surface area contributed by atoms with E-state index < -0.39 is 0 Å². The molecule has 0 heterocycles. The Morgan fingerprint density at radius 1 is 1.62 bits per heavy atom. The molecular formula is C8H14. The first kappa shape index (κ1) is 5.87. The maximum atomic E-state index is 3.96. The van der Waals surface area contributed by atoms with Crippen LogP contribution in [0.3, 0.4) is 0 Å². The van der Waals surface area contributed by atoms with Crippen LogP contribution < -0.4 is 0 Å². The van der Waals surface area contributed by atoms with Gasteiger partial charge < -0.3 is 0 Å². The number of hydrogen-bond acceptors (Lipinski definition) is 0. The molecule has 1 saturated carbocycles. The molecule has 0 N–H and O–H groups in total. The third-order valence-electron chi connectivity index (χ3n) is 1.86. The minimum absolute atomic E-state index is 0.913. The molecule has 0 spiro atoms. The Kier molecular flexibility index (Phi) is 1.72. The van der Waals surface area contributed by atoms with Crippen molar-refractivity contribution in [2.75, 3.05) is 0 Å². The number of hydrogen-bond donors (Lipinski definition) is 0. The Bertz CT molecular complexity index is 92.2. The molecule has 0 amide bonds. The molecule has 0 unspecified atom stereocenters. The zero-order chi connectivity index (χ0) is 5.98. The van der Waals surface area contributed by atoms with Gasteiger partial charge in [-0.05, 0) is 25.2 Å². The van der Waals surface area contributed by atoms with E-state index in [0.29, 0.717) is 0 Å². The average molecular weight is 110 g/mol. The highest BCUT2D eigenvalue weighted by atomic mass is 14.1. The van der Waals surface area contributed by atoms with Gasteiger partial charge in [0.05, 0.1) is 0 Å². The van der Waals surface area contributed by atoms with E-state index in [9.17, 15) is 0 Å². The van der Waals surface area contributed by atoms with E-state index >= 15 is 0 Å². The lowest BCUT2D eigenvalue weighted by Gasteiger charge is -2.18. The van der Waals surface area contributed by atoms with Crippen molar-refractivity contribution in [3.05, 3.63) is 12.2 Å². The highest BCUT2D eigenvalue weighted by molar-refractivity contribution is 4.98. The van der Waals surface area contributed by atoms with Crippen molar-refractivity contribution in [2.24, 2.45) is 5.92 Å². The van der Waals surface area contributed by atoms with Crippen LogP contribution in [-0.2, 0) is 0 Å².